The number of fused-ring (bicyclic) bond motifs is 2. The van der Waals surface area contributed by atoms with E-state index in [-0.39, 0.29) is 12.2 Å². The molecule has 4 rings (SSSR count). The highest BCUT2D eigenvalue weighted by atomic mass is 16.5. The number of amides is 1. The fraction of sp³-hybridized carbons (Fsp3) is 0.208. The predicted molar refractivity (Wildman–Crippen MR) is 118 cm³/mol. The standard InChI is InChI=1S/C24H22N2O7/c1-12-13(2)24(31)33-21-9-16(4-5-17(12)21)32-11-22(28)26-20(23(29)30)7-14-10-25-19-6-3-15(27)8-18(14)19/h3-6,8-10,20,25,27H,7,11H2,1-2H3,(H,26,28)(H,29,30)/p-1/t20-/m1/s1. The predicted octanol–water partition coefficient (Wildman–Crippen LogP) is 1.45. The van der Waals surface area contributed by atoms with E-state index in [1.165, 1.54) is 18.2 Å². The second-order valence-corrected chi connectivity index (χ2v) is 7.77. The van der Waals surface area contributed by atoms with E-state index in [9.17, 15) is 24.6 Å². The molecule has 1 atom stereocenters. The molecule has 2 aromatic carbocycles. The third-order valence-corrected chi connectivity index (χ3v) is 5.59. The van der Waals surface area contributed by atoms with Gasteiger partial charge >= 0.3 is 5.63 Å². The number of phenols is 1. The Balaban J connectivity index is 1.44. The Hall–Kier alpha value is -4.27. The van der Waals surface area contributed by atoms with E-state index in [1.807, 2.05) is 6.92 Å². The lowest BCUT2D eigenvalue weighted by Gasteiger charge is -2.19. The van der Waals surface area contributed by atoms with Crippen molar-refractivity contribution >= 4 is 33.7 Å². The number of aliphatic carboxylic acids is 1. The van der Waals surface area contributed by atoms with Crippen molar-refractivity contribution in [2.75, 3.05) is 6.61 Å². The van der Waals surface area contributed by atoms with Crippen molar-refractivity contribution in [3.63, 3.8) is 0 Å². The van der Waals surface area contributed by atoms with Gasteiger partial charge in [0, 0.05) is 40.5 Å². The third kappa shape index (κ3) is 4.52. The summed E-state index contributed by atoms with van der Waals surface area (Å²) >= 11 is 0. The van der Waals surface area contributed by atoms with Crippen LogP contribution in [0.5, 0.6) is 11.5 Å². The molecule has 4 aromatic rings. The molecule has 0 unspecified atom stereocenters. The van der Waals surface area contributed by atoms with Crippen molar-refractivity contribution in [2.24, 2.45) is 0 Å². The van der Waals surface area contributed by atoms with Crippen LogP contribution >= 0.6 is 0 Å². The zero-order valence-electron chi connectivity index (χ0n) is 17.9. The quantitative estimate of drug-likeness (QED) is 0.362. The first-order valence-electron chi connectivity index (χ1n) is 10.2. The largest absolute Gasteiger partial charge is 0.548 e. The van der Waals surface area contributed by atoms with Gasteiger partial charge in [-0.05, 0) is 55.3 Å². The number of H-pyrrole nitrogens is 1. The molecule has 0 aliphatic carbocycles. The molecule has 9 nitrogen and oxygen atoms in total. The van der Waals surface area contributed by atoms with Gasteiger partial charge in [-0.2, -0.15) is 0 Å². The van der Waals surface area contributed by atoms with Gasteiger partial charge in [-0.15, -0.1) is 0 Å². The number of aryl methyl sites for hydroxylation is 1. The molecular formula is C24H21N2O7-. The van der Waals surface area contributed by atoms with Gasteiger partial charge in [-0.3, -0.25) is 4.79 Å². The van der Waals surface area contributed by atoms with Crippen molar-refractivity contribution in [3.05, 3.63) is 69.7 Å². The van der Waals surface area contributed by atoms with Crippen LogP contribution in [0.15, 0.2) is 51.8 Å². The summed E-state index contributed by atoms with van der Waals surface area (Å²) in [6.07, 6.45) is 1.58. The molecule has 0 saturated heterocycles. The number of carboxylic acid groups (broad SMARTS) is 1. The maximum absolute atomic E-state index is 12.3. The van der Waals surface area contributed by atoms with E-state index in [0.29, 0.717) is 27.8 Å². The Morgan fingerprint density at radius 1 is 1.15 bits per heavy atom. The summed E-state index contributed by atoms with van der Waals surface area (Å²) in [5.74, 6) is -1.77. The number of aromatic nitrogens is 1. The summed E-state index contributed by atoms with van der Waals surface area (Å²) in [7, 11) is 0. The van der Waals surface area contributed by atoms with Crippen LogP contribution in [0.1, 0.15) is 16.7 Å². The number of nitrogens with one attached hydrogen (secondary N) is 2. The highest BCUT2D eigenvalue weighted by Gasteiger charge is 2.17. The number of hydrogen-bond acceptors (Lipinski definition) is 7. The topological polar surface area (TPSA) is 145 Å². The smallest absolute Gasteiger partial charge is 0.339 e. The minimum Gasteiger partial charge on any atom is -0.548 e. The molecule has 2 heterocycles. The SMILES string of the molecule is Cc1c(C)c2ccc(OCC(=O)N[C@H](Cc3c[nH]c4ccc(O)cc34)C(=O)[O-])cc2oc1=O. The Morgan fingerprint density at radius 3 is 2.70 bits per heavy atom. The van der Waals surface area contributed by atoms with E-state index < -0.39 is 30.2 Å². The van der Waals surface area contributed by atoms with Crippen molar-refractivity contribution < 1.29 is 29.0 Å². The summed E-state index contributed by atoms with van der Waals surface area (Å²) < 4.78 is 10.7. The molecule has 170 valence electrons. The Bertz CT molecular complexity index is 1430. The van der Waals surface area contributed by atoms with Crippen LogP contribution in [0.3, 0.4) is 0 Å². The second-order valence-electron chi connectivity index (χ2n) is 7.77. The van der Waals surface area contributed by atoms with Crippen LogP contribution in [0.4, 0.5) is 0 Å². The minimum atomic E-state index is -1.45. The number of hydrogen-bond donors (Lipinski definition) is 3. The summed E-state index contributed by atoms with van der Waals surface area (Å²) in [4.78, 5) is 38.8. The maximum atomic E-state index is 12.3. The lowest BCUT2D eigenvalue weighted by Crippen LogP contribution is -2.50. The first kappa shape index (κ1) is 21.9. The number of phenolic OH excluding ortho intramolecular Hbond substituents is 1. The van der Waals surface area contributed by atoms with Crippen molar-refractivity contribution in [2.45, 2.75) is 26.3 Å². The molecule has 1 amide bonds. The maximum Gasteiger partial charge on any atom is 0.339 e. The highest BCUT2D eigenvalue weighted by Crippen LogP contribution is 2.25. The molecule has 9 heteroatoms. The van der Waals surface area contributed by atoms with Gasteiger partial charge in [0.15, 0.2) is 6.61 Å². The Kier molecular flexibility index (Phi) is 5.78. The molecule has 0 bridgehead atoms. The number of rotatable bonds is 7. The average molecular weight is 449 g/mol. The fourth-order valence-corrected chi connectivity index (χ4v) is 3.65. The fourth-order valence-electron chi connectivity index (χ4n) is 3.65. The number of carboxylic acids is 1. The molecule has 0 aliphatic heterocycles. The van der Waals surface area contributed by atoms with E-state index in [1.54, 1.807) is 31.3 Å². The molecule has 0 radical (unpaired) electrons. The average Bonchev–Trinajstić information content (AvgIpc) is 3.17. The van der Waals surface area contributed by atoms with Gasteiger partial charge in [0.05, 0.1) is 12.0 Å². The number of benzene rings is 2. The third-order valence-electron chi connectivity index (χ3n) is 5.59. The zero-order chi connectivity index (χ0) is 23.7. The van der Waals surface area contributed by atoms with Crippen LogP contribution in [-0.4, -0.2) is 34.6 Å². The molecule has 0 aliphatic rings. The number of ether oxygens (including phenoxy) is 1. The van der Waals surface area contributed by atoms with E-state index in [4.69, 9.17) is 9.15 Å². The first-order valence-corrected chi connectivity index (χ1v) is 10.2. The van der Waals surface area contributed by atoms with E-state index in [0.717, 1.165) is 16.5 Å². The minimum absolute atomic E-state index is 0.0439. The number of aromatic amines is 1. The number of carbonyl (C=O) groups is 2. The van der Waals surface area contributed by atoms with E-state index in [2.05, 4.69) is 10.3 Å². The lowest BCUT2D eigenvalue weighted by molar-refractivity contribution is -0.308. The van der Waals surface area contributed by atoms with E-state index >= 15 is 0 Å². The Morgan fingerprint density at radius 2 is 1.94 bits per heavy atom. The van der Waals surface area contributed by atoms with Crippen molar-refractivity contribution in [3.8, 4) is 11.5 Å². The van der Waals surface area contributed by atoms with Crippen LogP contribution in [0.25, 0.3) is 21.9 Å². The molecule has 33 heavy (non-hydrogen) atoms. The van der Waals surface area contributed by atoms with Gasteiger partial charge in [-0.1, -0.05) is 0 Å². The van der Waals surface area contributed by atoms with Gasteiger partial charge in [-0.25, -0.2) is 4.79 Å². The summed E-state index contributed by atoms with van der Waals surface area (Å²) in [6, 6.07) is 8.26. The molecule has 0 fully saturated rings. The molecule has 3 N–H and O–H groups in total. The molecule has 0 saturated carbocycles. The van der Waals surface area contributed by atoms with Gasteiger partial charge in [0.25, 0.3) is 5.91 Å². The van der Waals surface area contributed by atoms with Crippen LogP contribution in [0, 0.1) is 13.8 Å². The van der Waals surface area contributed by atoms with Crippen LogP contribution in [0.2, 0.25) is 0 Å². The Labute approximate surface area is 187 Å². The monoisotopic (exact) mass is 449 g/mol. The van der Waals surface area contributed by atoms with Gasteiger partial charge in [0.2, 0.25) is 0 Å². The molecule has 0 spiro atoms. The second kappa shape index (κ2) is 8.70. The highest BCUT2D eigenvalue weighted by molar-refractivity contribution is 5.87. The van der Waals surface area contributed by atoms with Crippen molar-refractivity contribution in [1.29, 1.82) is 0 Å². The first-order chi connectivity index (χ1) is 15.7. The zero-order valence-corrected chi connectivity index (χ0v) is 17.9. The molecular weight excluding hydrogens is 428 g/mol. The van der Waals surface area contributed by atoms with Gasteiger partial charge in [0.1, 0.15) is 17.1 Å². The van der Waals surface area contributed by atoms with Crippen LogP contribution in [-0.2, 0) is 16.0 Å². The van der Waals surface area contributed by atoms with Crippen LogP contribution < -0.4 is 20.8 Å². The van der Waals surface area contributed by atoms with Gasteiger partial charge < -0.3 is 34.5 Å². The normalized spacial score (nSPS) is 12.1. The number of carbonyl (C=O) groups excluding carboxylic acids is 2. The number of aromatic hydroxyl groups is 1. The summed E-state index contributed by atoms with van der Waals surface area (Å²) in [5, 5.41) is 25.1. The van der Waals surface area contributed by atoms with Crippen molar-refractivity contribution in [1.82, 2.24) is 10.3 Å². The summed E-state index contributed by atoms with van der Waals surface area (Å²) in [6.45, 7) is 3.05. The molecule has 2 aromatic heterocycles. The lowest BCUT2D eigenvalue weighted by atomic mass is 10.0. The summed E-state index contributed by atoms with van der Waals surface area (Å²) in [5.41, 5.74) is 2.53.